The summed E-state index contributed by atoms with van der Waals surface area (Å²) in [6, 6.07) is 26.1. The standard InChI is InChI=1S/C25H28N2O3/c1-19(22-11-7-4-8-12-22)26-17-25(28)27-16-21-13-14-23(24(15-21)29-2)30-18-20-9-5-3-6-10-20/h3-15,19,26H,16-18H2,1-2H3,(H,27,28)/p+1/t19-/m1/s1. The van der Waals surface area contributed by atoms with E-state index >= 15 is 0 Å². The Kier molecular flexibility index (Phi) is 7.86. The zero-order chi connectivity index (χ0) is 21.2. The quantitative estimate of drug-likeness (QED) is 0.544. The normalized spacial score (nSPS) is 11.5. The Morgan fingerprint density at radius 1 is 0.933 bits per heavy atom. The lowest BCUT2D eigenvalue weighted by atomic mass is 10.1. The van der Waals surface area contributed by atoms with Crippen LogP contribution in [0, 0.1) is 0 Å². The van der Waals surface area contributed by atoms with Crippen molar-refractivity contribution in [2.75, 3.05) is 13.7 Å². The Balaban J connectivity index is 1.48. The van der Waals surface area contributed by atoms with Crippen molar-refractivity contribution in [3.63, 3.8) is 0 Å². The van der Waals surface area contributed by atoms with E-state index in [1.807, 2.05) is 72.0 Å². The van der Waals surface area contributed by atoms with Crippen molar-refractivity contribution in [3.8, 4) is 11.5 Å². The fraction of sp³-hybridized carbons (Fsp3) is 0.240. The zero-order valence-electron chi connectivity index (χ0n) is 17.5. The molecule has 0 fully saturated rings. The molecule has 0 bridgehead atoms. The number of carbonyl (C=O) groups is 1. The number of rotatable bonds is 10. The zero-order valence-corrected chi connectivity index (χ0v) is 17.5. The number of hydrogen-bond acceptors (Lipinski definition) is 3. The highest BCUT2D eigenvalue weighted by Gasteiger charge is 2.12. The molecule has 0 saturated heterocycles. The Bertz CT molecular complexity index is 930. The van der Waals surface area contributed by atoms with Crippen molar-refractivity contribution < 1.29 is 19.6 Å². The summed E-state index contributed by atoms with van der Waals surface area (Å²) in [5.41, 5.74) is 3.27. The third-order valence-corrected chi connectivity index (χ3v) is 4.94. The highest BCUT2D eigenvalue weighted by Crippen LogP contribution is 2.28. The van der Waals surface area contributed by atoms with Gasteiger partial charge < -0.3 is 20.1 Å². The molecule has 0 heterocycles. The third-order valence-electron chi connectivity index (χ3n) is 4.94. The Morgan fingerprint density at radius 3 is 2.33 bits per heavy atom. The Labute approximate surface area is 178 Å². The van der Waals surface area contributed by atoms with Crippen LogP contribution in [-0.4, -0.2) is 19.6 Å². The van der Waals surface area contributed by atoms with Crippen LogP contribution < -0.4 is 20.1 Å². The van der Waals surface area contributed by atoms with Gasteiger partial charge in [0.15, 0.2) is 18.0 Å². The summed E-state index contributed by atoms with van der Waals surface area (Å²) in [6.07, 6.45) is 0. The number of methoxy groups -OCH3 is 1. The lowest BCUT2D eigenvalue weighted by Crippen LogP contribution is -2.87. The smallest absolute Gasteiger partial charge is 0.275 e. The number of benzene rings is 3. The second-order valence-electron chi connectivity index (χ2n) is 7.18. The van der Waals surface area contributed by atoms with Crippen molar-refractivity contribution in [2.24, 2.45) is 0 Å². The first-order valence-electron chi connectivity index (χ1n) is 10.1. The topological polar surface area (TPSA) is 64.2 Å². The number of ether oxygens (including phenoxy) is 2. The van der Waals surface area contributed by atoms with Gasteiger partial charge in [-0.3, -0.25) is 4.79 Å². The van der Waals surface area contributed by atoms with Gasteiger partial charge in [0.25, 0.3) is 5.91 Å². The van der Waals surface area contributed by atoms with E-state index in [-0.39, 0.29) is 11.9 Å². The monoisotopic (exact) mass is 405 g/mol. The summed E-state index contributed by atoms with van der Waals surface area (Å²) in [5, 5.41) is 5.00. The van der Waals surface area contributed by atoms with Crippen molar-refractivity contribution in [2.45, 2.75) is 26.1 Å². The highest BCUT2D eigenvalue weighted by molar-refractivity contribution is 5.76. The molecule has 30 heavy (non-hydrogen) atoms. The summed E-state index contributed by atoms with van der Waals surface area (Å²) in [5.74, 6) is 1.34. The molecule has 0 saturated carbocycles. The van der Waals surface area contributed by atoms with Crippen LogP contribution in [0.4, 0.5) is 0 Å². The molecule has 0 aliphatic carbocycles. The van der Waals surface area contributed by atoms with Crippen LogP contribution in [0.25, 0.3) is 0 Å². The van der Waals surface area contributed by atoms with E-state index in [2.05, 4.69) is 24.4 Å². The predicted molar refractivity (Wildman–Crippen MR) is 117 cm³/mol. The molecule has 0 unspecified atom stereocenters. The van der Waals surface area contributed by atoms with Gasteiger partial charge in [0.05, 0.1) is 7.11 Å². The average Bonchev–Trinajstić information content (AvgIpc) is 2.81. The molecule has 5 heteroatoms. The lowest BCUT2D eigenvalue weighted by Gasteiger charge is -2.13. The minimum Gasteiger partial charge on any atom is -0.493 e. The molecule has 0 aliphatic heterocycles. The SMILES string of the molecule is COc1cc(CNC(=O)C[NH2+][C@H](C)c2ccccc2)ccc1OCc1ccccc1. The summed E-state index contributed by atoms with van der Waals surface area (Å²) in [4.78, 5) is 12.2. The van der Waals surface area contributed by atoms with Gasteiger partial charge in [0.2, 0.25) is 0 Å². The molecule has 5 nitrogen and oxygen atoms in total. The second kappa shape index (κ2) is 11.0. The van der Waals surface area contributed by atoms with Gasteiger partial charge in [0.1, 0.15) is 12.6 Å². The van der Waals surface area contributed by atoms with Crippen LogP contribution in [0.5, 0.6) is 11.5 Å². The molecular formula is C25H29N2O3+. The fourth-order valence-corrected chi connectivity index (χ4v) is 3.13. The number of amides is 1. The molecule has 0 spiro atoms. The van der Waals surface area contributed by atoms with Crippen LogP contribution in [0.2, 0.25) is 0 Å². The van der Waals surface area contributed by atoms with Gasteiger partial charge in [-0.05, 0) is 30.2 Å². The molecule has 3 N–H and O–H groups in total. The van der Waals surface area contributed by atoms with E-state index < -0.39 is 0 Å². The predicted octanol–water partition coefficient (Wildman–Crippen LogP) is 3.22. The van der Waals surface area contributed by atoms with Crippen LogP contribution in [0.15, 0.2) is 78.9 Å². The highest BCUT2D eigenvalue weighted by atomic mass is 16.5. The lowest BCUT2D eigenvalue weighted by molar-refractivity contribution is -0.682. The minimum atomic E-state index is 0.00107. The Hall–Kier alpha value is -3.31. The van der Waals surface area contributed by atoms with E-state index in [1.165, 1.54) is 5.56 Å². The molecule has 1 atom stereocenters. The molecule has 0 aliphatic rings. The molecule has 3 aromatic rings. The average molecular weight is 406 g/mol. The molecule has 3 aromatic carbocycles. The summed E-state index contributed by atoms with van der Waals surface area (Å²) in [7, 11) is 1.62. The number of carbonyl (C=O) groups excluding carboxylic acids is 1. The number of hydrogen-bond donors (Lipinski definition) is 2. The van der Waals surface area contributed by atoms with E-state index in [0.717, 1.165) is 11.1 Å². The molecule has 3 rings (SSSR count). The van der Waals surface area contributed by atoms with Crippen LogP contribution >= 0.6 is 0 Å². The maximum atomic E-state index is 12.2. The van der Waals surface area contributed by atoms with Gasteiger partial charge in [-0.15, -0.1) is 0 Å². The van der Waals surface area contributed by atoms with Crippen molar-refractivity contribution >= 4 is 5.91 Å². The third kappa shape index (κ3) is 6.36. The summed E-state index contributed by atoms with van der Waals surface area (Å²) < 4.78 is 11.3. The summed E-state index contributed by atoms with van der Waals surface area (Å²) in [6.45, 7) is 3.40. The first kappa shape index (κ1) is 21.4. The van der Waals surface area contributed by atoms with Crippen LogP contribution in [-0.2, 0) is 17.9 Å². The molecule has 0 aromatic heterocycles. The van der Waals surface area contributed by atoms with Gasteiger partial charge in [-0.1, -0.05) is 66.7 Å². The fourth-order valence-electron chi connectivity index (χ4n) is 3.13. The maximum absolute atomic E-state index is 12.2. The van der Waals surface area contributed by atoms with Gasteiger partial charge in [0, 0.05) is 12.1 Å². The molecule has 0 radical (unpaired) electrons. The van der Waals surface area contributed by atoms with Gasteiger partial charge >= 0.3 is 0 Å². The Morgan fingerprint density at radius 2 is 1.63 bits per heavy atom. The molecular weight excluding hydrogens is 376 g/mol. The maximum Gasteiger partial charge on any atom is 0.275 e. The summed E-state index contributed by atoms with van der Waals surface area (Å²) >= 11 is 0. The van der Waals surface area contributed by atoms with E-state index in [4.69, 9.17) is 9.47 Å². The number of nitrogens with one attached hydrogen (secondary N) is 1. The van der Waals surface area contributed by atoms with E-state index in [9.17, 15) is 4.79 Å². The first-order chi connectivity index (χ1) is 14.7. The van der Waals surface area contributed by atoms with Crippen LogP contribution in [0.3, 0.4) is 0 Å². The van der Waals surface area contributed by atoms with Crippen molar-refractivity contribution in [1.82, 2.24) is 5.32 Å². The van der Waals surface area contributed by atoms with Crippen molar-refractivity contribution in [3.05, 3.63) is 95.6 Å². The molecule has 1 amide bonds. The van der Waals surface area contributed by atoms with E-state index in [1.54, 1.807) is 7.11 Å². The van der Waals surface area contributed by atoms with Gasteiger partial charge in [-0.25, -0.2) is 0 Å². The molecule has 156 valence electrons. The van der Waals surface area contributed by atoms with Crippen LogP contribution in [0.1, 0.15) is 29.7 Å². The van der Waals surface area contributed by atoms with Gasteiger partial charge in [-0.2, -0.15) is 0 Å². The van der Waals surface area contributed by atoms with Crippen molar-refractivity contribution in [1.29, 1.82) is 0 Å². The number of quaternary nitrogens is 1. The second-order valence-corrected chi connectivity index (χ2v) is 7.18. The minimum absolute atomic E-state index is 0.00107. The largest absolute Gasteiger partial charge is 0.493 e. The first-order valence-corrected chi connectivity index (χ1v) is 10.1. The number of nitrogens with two attached hydrogens (primary N) is 1. The van der Waals surface area contributed by atoms with E-state index in [0.29, 0.717) is 31.2 Å².